The number of methoxy groups -OCH3 is 2. The van der Waals surface area contributed by atoms with E-state index in [1.165, 1.54) is 24.7 Å². The summed E-state index contributed by atoms with van der Waals surface area (Å²) in [6.45, 7) is 1.95. The fourth-order valence-corrected chi connectivity index (χ4v) is 4.48. The van der Waals surface area contributed by atoms with Crippen molar-refractivity contribution in [2.24, 2.45) is 0 Å². The maximum Gasteiger partial charge on any atom is 0.344 e. The van der Waals surface area contributed by atoms with Gasteiger partial charge in [-0.1, -0.05) is 30.3 Å². The maximum absolute atomic E-state index is 13.1. The van der Waals surface area contributed by atoms with Gasteiger partial charge in [0.25, 0.3) is 0 Å². The Morgan fingerprint density at radius 1 is 1.15 bits per heavy atom. The first kappa shape index (κ1) is 22.6. The summed E-state index contributed by atoms with van der Waals surface area (Å²) in [6.07, 6.45) is 1.22. The summed E-state index contributed by atoms with van der Waals surface area (Å²) < 4.78 is 16.2. The van der Waals surface area contributed by atoms with Crippen molar-refractivity contribution in [3.8, 4) is 11.5 Å². The topological polar surface area (TPSA) is 94.2 Å². The van der Waals surface area contributed by atoms with E-state index in [2.05, 4.69) is 17.4 Å². The highest BCUT2D eigenvalue weighted by Crippen LogP contribution is 2.45. The largest absolute Gasteiger partial charge is 0.493 e. The number of nitrogens with one attached hydrogen (secondary N) is 1. The first-order valence-electron chi connectivity index (χ1n) is 11.1. The molecule has 0 spiro atoms. The molecule has 0 bridgehead atoms. The summed E-state index contributed by atoms with van der Waals surface area (Å²) >= 11 is 0. The third-order valence-electron chi connectivity index (χ3n) is 6.17. The molecule has 2 aliphatic heterocycles. The van der Waals surface area contributed by atoms with Crippen molar-refractivity contribution in [1.82, 2.24) is 10.2 Å². The van der Waals surface area contributed by atoms with E-state index in [-0.39, 0.29) is 35.6 Å². The fourth-order valence-electron chi connectivity index (χ4n) is 4.48. The second-order valence-electron chi connectivity index (χ2n) is 8.31. The summed E-state index contributed by atoms with van der Waals surface area (Å²) in [4.78, 5) is 39.9. The van der Waals surface area contributed by atoms with Crippen LogP contribution in [0.5, 0.6) is 11.5 Å². The molecule has 1 fully saturated rings. The number of benzene rings is 2. The lowest BCUT2D eigenvalue weighted by molar-refractivity contribution is -0.146. The Morgan fingerprint density at radius 2 is 1.91 bits per heavy atom. The van der Waals surface area contributed by atoms with Crippen LogP contribution in [0.1, 0.15) is 53.9 Å². The van der Waals surface area contributed by atoms with Crippen LogP contribution in [0.25, 0.3) is 0 Å². The quantitative estimate of drug-likeness (QED) is 0.619. The van der Waals surface area contributed by atoms with Crippen molar-refractivity contribution in [3.63, 3.8) is 0 Å². The van der Waals surface area contributed by atoms with Gasteiger partial charge in [0.15, 0.2) is 11.5 Å². The van der Waals surface area contributed by atoms with Crippen LogP contribution in [0.2, 0.25) is 0 Å². The Morgan fingerprint density at radius 3 is 2.61 bits per heavy atom. The third kappa shape index (κ3) is 4.37. The van der Waals surface area contributed by atoms with E-state index in [1.54, 1.807) is 12.1 Å². The van der Waals surface area contributed by atoms with E-state index in [0.717, 1.165) is 12.8 Å². The van der Waals surface area contributed by atoms with Gasteiger partial charge in [0.2, 0.25) is 18.0 Å². The molecule has 1 N–H and O–H groups in total. The minimum absolute atomic E-state index is 0.0713. The van der Waals surface area contributed by atoms with Crippen LogP contribution in [0.3, 0.4) is 0 Å². The Labute approximate surface area is 192 Å². The average molecular weight is 453 g/mol. The molecule has 8 nitrogen and oxygen atoms in total. The van der Waals surface area contributed by atoms with Gasteiger partial charge in [0, 0.05) is 18.0 Å². The molecule has 0 aromatic heterocycles. The average Bonchev–Trinajstić information content (AvgIpc) is 3.37. The predicted octanol–water partition coefficient (Wildman–Crippen LogP) is 3.00. The molecule has 1 saturated heterocycles. The van der Waals surface area contributed by atoms with Crippen molar-refractivity contribution in [2.75, 3.05) is 14.2 Å². The highest BCUT2D eigenvalue weighted by Gasteiger charge is 2.47. The number of ether oxygens (including phenoxy) is 3. The third-order valence-corrected chi connectivity index (χ3v) is 6.17. The number of carbonyl (C=O) groups is 3. The van der Waals surface area contributed by atoms with E-state index in [0.29, 0.717) is 17.7 Å². The van der Waals surface area contributed by atoms with E-state index in [9.17, 15) is 14.4 Å². The number of esters is 1. The van der Waals surface area contributed by atoms with Crippen LogP contribution >= 0.6 is 0 Å². The number of cyclic esters (lactones) is 1. The van der Waals surface area contributed by atoms with Gasteiger partial charge in [0.05, 0.1) is 14.2 Å². The zero-order valence-corrected chi connectivity index (χ0v) is 19.0. The van der Waals surface area contributed by atoms with E-state index in [1.807, 2.05) is 25.1 Å². The number of rotatable bonds is 8. The van der Waals surface area contributed by atoms with Gasteiger partial charge < -0.3 is 19.5 Å². The first-order chi connectivity index (χ1) is 15.9. The number of hydrogen-bond donors (Lipinski definition) is 1. The molecule has 2 amide bonds. The number of hydrogen-bond acceptors (Lipinski definition) is 6. The lowest BCUT2D eigenvalue weighted by Crippen LogP contribution is -2.48. The molecule has 0 aliphatic carbocycles. The number of carbonyl (C=O) groups excluding carboxylic acids is 3. The van der Waals surface area contributed by atoms with E-state index < -0.39 is 18.2 Å². The van der Waals surface area contributed by atoms with Crippen LogP contribution in [0, 0.1) is 0 Å². The van der Waals surface area contributed by atoms with Crippen LogP contribution in [0.15, 0.2) is 42.5 Å². The Bertz CT molecular complexity index is 1050. The number of fused-ring (bicyclic) bond motifs is 1. The minimum atomic E-state index is -0.974. The molecule has 33 heavy (non-hydrogen) atoms. The lowest BCUT2D eigenvalue weighted by Gasteiger charge is -2.30. The molecule has 2 aromatic rings. The second-order valence-corrected chi connectivity index (χ2v) is 8.31. The van der Waals surface area contributed by atoms with Crippen LogP contribution in [-0.4, -0.2) is 49.0 Å². The molecule has 4 rings (SSSR count). The molecule has 2 aliphatic rings. The van der Waals surface area contributed by atoms with Gasteiger partial charge in [-0.3, -0.25) is 14.5 Å². The van der Waals surface area contributed by atoms with E-state index >= 15 is 0 Å². The van der Waals surface area contributed by atoms with Gasteiger partial charge in [-0.05, 0) is 43.9 Å². The molecule has 174 valence electrons. The lowest BCUT2D eigenvalue weighted by atomic mass is 10.0. The molecule has 3 atom stereocenters. The Kier molecular flexibility index (Phi) is 6.53. The summed E-state index contributed by atoms with van der Waals surface area (Å²) in [5.41, 5.74) is 1.91. The predicted molar refractivity (Wildman–Crippen MR) is 120 cm³/mol. The van der Waals surface area contributed by atoms with Crippen molar-refractivity contribution < 1.29 is 28.6 Å². The fraction of sp³-hybridized carbons (Fsp3) is 0.400. The number of nitrogens with zero attached hydrogens (tertiary/aromatic N) is 1. The minimum Gasteiger partial charge on any atom is -0.493 e. The van der Waals surface area contributed by atoms with E-state index in [4.69, 9.17) is 14.2 Å². The highest BCUT2D eigenvalue weighted by molar-refractivity contribution is 5.99. The van der Waals surface area contributed by atoms with Gasteiger partial charge in [-0.2, -0.15) is 0 Å². The normalized spacial score (nSPS) is 20.3. The molecule has 0 saturated carbocycles. The summed E-state index contributed by atoms with van der Waals surface area (Å²) in [5, 5.41) is 3.02. The molecule has 0 radical (unpaired) electrons. The zero-order chi connectivity index (χ0) is 23.5. The van der Waals surface area contributed by atoms with Gasteiger partial charge in [-0.15, -0.1) is 0 Å². The van der Waals surface area contributed by atoms with Crippen LogP contribution in [0.4, 0.5) is 0 Å². The molecule has 8 heteroatoms. The molecule has 2 aromatic carbocycles. The SMILES string of the molecule is COc1ccc2c(c1OC)C(=O)O[C@@H]2N1C(=O)CC[C@@H]1C(=O)N[C@@H](C)CCc1ccccc1. The number of likely N-dealkylation sites (tertiary alicyclic amines) is 1. The zero-order valence-electron chi connectivity index (χ0n) is 19.0. The van der Waals surface area contributed by atoms with Crippen molar-refractivity contribution in [1.29, 1.82) is 0 Å². The van der Waals surface area contributed by atoms with Crippen LogP contribution in [-0.2, 0) is 20.7 Å². The Balaban J connectivity index is 1.50. The molecule has 0 unspecified atom stereocenters. The highest BCUT2D eigenvalue weighted by atomic mass is 16.6. The number of aryl methyl sites for hydroxylation is 1. The van der Waals surface area contributed by atoms with Crippen LogP contribution < -0.4 is 14.8 Å². The molecular formula is C25H28N2O6. The first-order valence-corrected chi connectivity index (χ1v) is 11.1. The second kappa shape index (κ2) is 9.52. The summed E-state index contributed by atoms with van der Waals surface area (Å²) in [6, 6.07) is 12.6. The van der Waals surface area contributed by atoms with Gasteiger partial charge in [-0.25, -0.2) is 4.79 Å². The summed E-state index contributed by atoms with van der Waals surface area (Å²) in [5.74, 6) is -0.437. The van der Waals surface area contributed by atoms with Crippen molar-refractivity contribution >= 4 is 17.8 Å². The molecular weight excluding hydrogens is 424 g/mol. The maximum atomic E-state index is 13.1. The van der Waals surface area contributed by atoms with Crippen molar-refractivity contribution in [2.45, 2.75) is 50.9 Å². The summed E-state index contributed by atoms with van der Waals surface area (Å²) in [7, 11) is 2.91. The molecule has 2 heterocycles. The van der Waals surface area contributed by atoms with Gasteiger partial charge >= 0.3 is 5.97 Å². The van der Waals surface area contributed by atoms with Crippen molar-refractivity contribution in [3.05, 3.63) is 59.2 Å². The number of amides is 2. The standard InChI is InChI=1S/C25H28N2O6/c1-15(9-10-16-7-5-4-6-8-16)26-23(29)18-12-14-20(28)27(18)24-17-11-13-19(31-2)22(32-3)21(17)25(30)33-24/h4-8,11,13,15,18,24H,9-10,12,14H2,1-3H3,(H,26,29)/t15-,18+,24-/m0/s1. The monoisotopic (exact) mass is 452 g/mol. The Hall–Kier alpha value is -3.55. The van der Waals surface area contributed by atoms with Gasteiger partial charge in [0.1, 0.15) is 11.6 Å². The smallest absolute Gasteiger partial charge is 0.344 e.